The monoisotopic (exact) mass is 444 g/mol. The Morgan fingerprint density at radius 3 is 2.61 bits per heavy atom. The van der Waals surface area contributed by atoms with Crippen LogP contribution in [0.5, 0.6) is 5.88 Å². The van der Waals surface area contributed by atoms with Crippen LogP contribution in [0.25, 0.3) is 0 Å². The van der Waals surface area contributed by atoms with E-state index in [-0.39, 0.29) is 23.9 Å². The molecule has 2 aliphatic rings. The zero-order valence-corrected chi connectivity index (χ0v) is 19.1. The Balaban J connectivity index is 1.70. The van der Waals surface area contributed by atoms with Gasteiger partial charge in [0, 0.05) is 12.7 Å². The second-order valence-corrected chi connectivity index (χ2v) is 11.4. The Bertz CT molecular complexity index is 1150. The van der Waals surface area contributed by atoms with Crippen LogP contribution in [-0.4, -0.2) is 40.9 Å². The number of pyridine rings is 1. The molecule has 1 N–H and O–H groups in total. The zero-order chi connectivity index (χ0) is 22.6. The molecule has 4 rings (SSSR count). The molecule has 0 atom stereocenters. The van der Waals surface area contributed by atoms with Gasteiger partial charge in [-0.25, -0.2) is 13.4 Å². The Labute approximate surface area is 183 Å². The third kappa shape index (κ3) is 4.19. The third-order valence-electron chi connectivity index (χ3n) is 6.14. The number of ether oxygens (including phenoxy) is 1. The van der Waals surface area contributed by atoms with Crippen LogP contribution in [0.15, 0.2) is 35.4 Å². The van der Waals surface area contributed by atoms with Crippen molar-refractivity contribution in [2.45, 2.75) is 64.0 Å². The number of carbonyl (C=O) groups is 1. The molecule has 2 heterocycles. The number of sulfonamides is 1. The average molecular weight is 445 g/mol. The largest absolute Gasteiger partial charge is 0.481 e. The minimum atomic E-state index is -3.80. The molecule has 166 valence electrons. The van der Waals surface area contributed by atoms with Gasteiger partial charge in [-0.05, 0) is 75.3 Å². The lowest BCUT2D eigenvalue weighted by Crippen LogP contribution is -2.38. The Kier molecular flexibility index (Phi) is 5.13. The number of aromatic nitrogens is 1. The summed E-state index contributed by atoms with van der Waals surface area (Å²) in [5, 5.41) is 9.46. The van der Waals surface area contributed by atoms with E-state index in [2.05, 4.69) is 4.98 Å². The fourth-order valence-electron chi connectivity index (χ4n) is 3.90. The summed E-state index contributed by atoms with van der Waals surface area (Å²) in [5.74, 6) is -0.684. The van der Waals surface area contributed by atoms with E-state index in [4.69, 9.17) is 4.74 Å². The van der Waals surface area contributed by atoms with Gasteiger partial charge >= 0.3 is 5.97 Å². The highest BCUT2D eigenvalue weighted by Crippen LogP contribution is 2.46. The minimum absolute atomic E-state index is 0.108. The number of rotatable bonds is 5. The van der Waals surface area contributed by atoms with Gasteiger partial charge in [0.1, 0.15) is 10.5 Å². The predicted octanol–water partition coefficient (Wildman–Crippen LogP) is 3.47. The van der Waals surface area contributed by atoms with Gasteiger partial charge in [0.25, 0.3) is 0 Å². The number of aryl methyl sites for hydroxylation is 2. The molecule has 1 aromatic heterocycles. The van der Waals surface area contributed by atoms with Crippen LogP contribution < -0.4 is 4.74 Å². The maximum Gasteiger partial charge on any atom is 0.309 e. The van der Waals surface area contributed by atoms with Crippen LogP contribution in [0.2, 0.25) is 0 Å². The summed E-state index contributed by atoms with van der Waals surface area (Å²) in [6, 6.07) is 7.38. The van der Waals surface area contributed by atoms with Gasteiger partial charge in [-0.15, -0.1) is 0 Å². The second-order valence-electron chi connectivity index (χ2n) is 9.50. The van der Waals surface area contributed by atoms with Gasteiger partial charge in [-0.2, -0.15) is 4.31 Å². The van der Waals surface area contributed by atoms with Crippen molar-refractivity contribution < 1.29 is 23.1 Å². The average Bonchev–Trinajstić information content (AvgIpc) is 3.44. The van der Waals surface area contributed by atoms with Crippen molar-refractivity contribution in [1.29, 1.82) is 0 Å². The van der Waals surface area contributed by atoms with Crippen LogP contribution >= 0.6 is 0 Å². The molecule has 1 fully saturated rings. The molecule has 0 saturated heterocycles. The van der Waals surface area contributed by atoms with E-state index in [0.29, 0.717) is 6.42 Å². The minimum Gasteiger partial charge on any atom is -0.481 e. The van der Waals surface area contributed by atoms with Gasteiger partial charge < -0.3 is 9.84 Å². The first-order chi connectivity index (χ1) is 14.4. The number of nitrogens with zero attached hydrogens (tertiary/aromatic N) is 2. The SMILES string of the molecule is Cc1cnc2c(c1)S(=O)(=O)N(Cc1cc(CC(C)(C)C(=O)O)ccc1C)CC1(CC1)O2. The molecule has 2 aromatic rings. The number of aliphatic carboxylic acids is 1. The lowest BCUT2D eigenvalue weighted by atomic mass is 9.85. The Hall–Kier alpha value is -2.45. The molecule has 31 heavy (non-hydrogen) atoms. The summed E-state index contributed by atoms with van der Waals surface area (Å²) < 4.78 is 34.6. The third-order valence-corrected chi connectivity index (χ3v) is 7.93. The summed E-state index contributed by atoms with van der Waals surface area (Å²) in [6.07, 6.45) is 3.57. The molecule has 1 saturated carbocycles. The summed E-state index contributed by atoms with van der Waals surface area (Å²) >= 11 is 0. The summed E-state index contributed by atoms with van der Waals surface area (Å²) in [5.41, 5.74) is 2.03. The molecule has 1 aromatic carbocycles. The van der Waals surface area contributed by atoms with Crippen LogP contribution in [-0.2, 0) is 27.8 Å². The topological polar surface area (TPSA) is 96.8 Å². The standard InChI is InChI=1S/C23H28N2O5S/c1-15-9-19-20(24-12-15)30-23(7-8-23)14-25(31(19,28)29)13-18-10-17(6-5-16(18)2)11-22(3,4)21(26)27/h5-6,9-10,12H,7-8,11,13-14H2,1-4H3,(H,26,27). The zero-order valence-electron chi connectivity index (χ0n) is 18.3. The first-order valence-corrected chi connectivity index (χ1v) is 11.8. The van der Waals surface area contributed by atoms with Crippen molar-refractivity contribution in [1.82, 2.24) is 9.29 Å². The van der Waals surface area contributed by atoms with E-state index in [0.717, 1.165) is 35.1 Å². The number of hydrogen-bond donors (Lipinski definition) is 1. The molecule has 1 aliphatic carbocycles. The van der Waals surface area contributed by atoms with Gasteiger partial charge in [0.2, 0.25) is 15.9 Å². The number of fused-ring (bicyclic) bond motifs is 1. The van der Waals surface area contributed by atoms with Crippen LogP contribution in [0, 0.1) is 19.3 Å². The highest BCUT2D eigenvalue weighted by molar-refractivity contribution is 7.89. The fourth-order valence-corrected chi connectivity index (χ4v) is 5.54. The maximum absolute atomic E-state index is 13.5. The van der Waals surface area contributed by atoms with Crippen LogP contribution in [0.4, 0.5) is 0 Å². The van der Waals surface area contributed by atoms with E-state index < -0.39 is 27.0 Å². The lowest BCUT2D eigenvalue weighted by molar-refractivity contribution is -0.146. The molecule has 0 radical (unpaired) electrons. The molecule has 0 unspecified atom stereocenters. The molecular weight excluding hydrogens is 416 g/mol. The van der Waals surface area contributed by atoms with Gasteiger partial charge in [-0.3, -0.25) is 4.79 Å². The number of carboxylic acid groups (broad SMARTS) is 1. The Morgan fingerprint density at radius 1 is 1.26 bits per heavy atom. The molecule has 0 bridgehead atoms. The first kappa shape index (κ1) is 21.8. The van der Waals surface area contributed by atoms with Crippen molar-refractivity contribution in [3.63, 3.8) is 0 Å². The van der Waals surface area contributed by atoms with Crippen LogP contribution in [0.1, 0.15) is 48.9 Å². The Morgan fingerprint density at radius 2 is 1.97 bits per heavy atom. The number of carboxylic acids is 1. The lowest BCUT2D eigenvalue weighted by Gasteiger charge is -2.24. The van der Waals surface area contributed by atoms with E-state index >= 15 is 0 Å². The van der Waals surface area contributed by atoms with Crippen molar-refractivity contribution in [2.75, 3.05) is 6.54 Å². The van der Waals surface area contributed by atoms with E-state index in [9.17, 15) is 18.3 Å². The molecule has 0 amide bonds. The second kappa shape index (κ2) is 7.31. The van der Waals surface area contributed by atoms with E-state index in [1.807, 2.05) is 32.0 Å². The molecule has 1 aliphatic heterocycles. The van der Waals surface area contributed by atoms with E-state index in [1.165, 1.54) is 4.31 Å². The number of benzene rings is 1. The van der Waals surface area contributed by atoms with Crippen molar-refractivity contribution in [2.24, 2.45) is 5.41 Å². The normalized spacial score (nSPS) is 19.4. The quantitative estimate of drug-likeness (QED) is 0.759. The summed E-state index contributed by atoms with van der Waals surface area (Å²) in [7, 11) is -3.80. The molecule has 7 nitrogen and oxygen atoms in total. The molecular formula is C23H28N2O5S. The summed E-state index contributed by atoms with van der Waals surface area (Å²) in [4.78, 5) is 15.9. The van der Waals surface area contributed by atoms with Crippen molar-refractivity contribution >= 4 is 16.0 Å². The van der Waals surface area contributed by atoms with E-state index in [1.54, 1.807) is 26.1 Å². The van der Waals surface area contributed by atoms with Crippen molar-refractivity contribution in [3.8, 4) is 5.88 Å². The summed E-state index contributed by atoms with van der Waals surface area (Å²) in [6.45, 7) is 7.60. The predicted molar refractivity (Wildman–Crippen MR) is 115 cm³/mol. The maximum atomic E-state index is 13.5. The van der Waals surface area contributed by atoms with Gasteiger partial charge in [0.15, 0.2) is 0 Å². The smallest absolute Gasteiger partial charge is 0.309 e. The molecule has 1 spiro atoms. The fraction of sp³-hybridized carbons (Fsp3) is 0.478. The van der Waals surface area contributed by atoms with Crippen LogP contribution in [0.3, 0.4) is 0 Å². The highest BCUT2D eigenvalue weighted by Gasteiger charge is 2.52. The van der Waals surface area contributed by atoms with Crippen molar-refractivity contribution in [3.05, 3.63) is 52.7 Å². The molecule has 8 heteroatoms. The highest BCUT2D eigenvalue weighted by atomic mass is 32.2. The van der Waals surface area contributed by atoms with Gasteiger partial charge in [0.05, 0.1) is 12.0 Å². The number of hydrogen-bond acceptors (Lipinski definition) is 5. The van der Waals surface area contributed by atoms with Gasteiger partial charge in [-0.1, -0.05) is 18.2 Å². The first-order valence-electron chi connectivity index (χ1n) is 10.4.